The first-order valence-electron chi connectivity index (χ1n) is 12.1. The molecule has 3 aromatic rings. The highest BCUT2D eigenvalue weighted by atomic mass is 35.5. The van der Waals surface area contributed by atoms with E-state index in [1.165, 1.54) is 5.56 Å². The van der Waals surface area contributed by atoms with E-state index in [1.54, 1.807) is 10.7 Å². The van der Waals surface area contributed by atoms with Gasteiger partial charge in [0, 0.05) is 47.4 Å². The van der Waals surface area contributed by atoms with Gasteiger partial charge in [-0.1, -0.05) is 35.9 Å². The zero-order chi connectivity index (χ0) is 23.5. The van der Waals surface area contributed by atoms with Crippen LogP contribution in [-0.2, 0) is 10.2 Å². The van der Waals surface area contributed by atoms with Crippen LogP contribution in [0.1, 0.15) is 37.3 Å². The normalized spacial score (nSPS) is 21.8. The van der Waals surface area contributed by atoms with Crippen LogP contribution in [-0.4, -0.2) is 42.6 Å². The SMILES string of the molecule is Cl.Cl.NC[C@]1(c2cccc(Cl)c2)CC[C@H](n2nc(-c3cccc(N4CCOCC4)c3)ccc2=O)CC1. The molecule has 36 heavy (non-hydrogen) atoms. The van der Waals surface area contributed by atoms with Gasteiger partial charge in [0.15, 0.2) is 0 Å². The molecule has 0 atom stereocenters. The molecule has 5 rings (SSSR count). The highest BCUT2D eigenvalue weighted by Gasteiger charge is 2.37. The van der Waals surface area contributed by atoms with E-state index in [0.717, 1.165) is 74.0 Å². The average Bonchev–Trinajstić information content (AvgIpc) is 2.90. The number of hydrogen-bond donors (Lipinski definition) is 1. The molecule has 2 N–H and O–H groups in total. The summed E-state index contributed by atoms with van der Waals surface area (Å²) in [6.07, 6.45) is 3.51. The van der Waals surface area contributed by atoms with Gasteiger partial charge in [-0.15, -0.1) is 24.8 Å². The van der Waals surface area contributed by atoms with Crippen LogP contribution in [0, 0.1) is 0 Å². The lowest BCUT2D eigenvalue weighted by Gasteiger charge is -2.40. The Morgan fingerprint density at radius 1 is 1.00 bits per heavy atom. The topological polar surface area (TPSA) is 73.4 Å². The molecule has 2 heterocycles. The van der Waals surface area contributed by atoms with Crippen molar-refractivity contribution < 1.29 is 4.74 Å². The Morgan fingerprint density at radius 2 is 1.72 bits per heavy atom. The minimum Gasteiger partial charge on any atom is -0.378 e. The summed E-state index contributed by atoms with van der Waals surface area (Å²) < 4.78 is 7.17. The summed E-state index contributed by atoms with van der Waals surface area (Å²) >= 11 is 6.26. The fraction of sp³-hybridized carbons (Fsp3) is 0.407. The number of nitrogens with zero attached hydrogens (tertiary/aromatic N) is 3. The molecule has 2 fully saturated rings. The van der Waals surface area contributed by atoms with Crippen LogP contribution < -0.4 is 16.2 Å². The molecule has 2 aromatic carbocycles. The smallest absolute Gasteiger partial charge is 0.267 e. The molecule has 0 unspecified atom stereocenters. The van der Waals surface area contributed by atoms with Gasteiger partial charge in [-0.3, -0.25) is 4.79 Å². The van der Waals surface area contributed by atoms with Gasteiger partial charge < -0.3 is 15.4 Å². The standard InChI is InChI=1S/C27H31ClN4O2.2ClH/c28-22-5-2-4-21(18-22)27(19-29)11-9-23(10-12-27)32-26(33)8-7-25(30-32)20-3-1-6-24(17-20)31-13-15-34-16-14-31;;/h1-8,17-18,23H,9-16,19,29H2;2*1H/t23-,27-;;. The van der Waals surface area contributed by atoms with E-state index in [2.05, 4.69) is 35.2 Å². The maximum atomic E-state index is 12.8. The molecule has 1 saturated carbocycles. The summed E-state index contributed by atoms with van der Waals surface area (Å²) in [6, 6.07) is 19.9. The number of ether oxygens (including phenoxy) is 1. The maximum absolute atomic E-state index is 12.8. The van der Waals surface area contributed by atoms with Crippen molar-refractivity contribution in [1.82, 2.24) is 9.78 Å². The van der Waals surface area contributed by atoms with Crippen molar-refractivity contribution in [1.29, 1.82) is 0 Å². The number of anilines is 1. The van der Waals surface area contributed by atoms with Crippen LogP contribution in [0.4, 0.5) is 5.69 Å². The van der Waals surface area contributed by atoms with E-state index in [-0.39, 0.29) is 41.8 Å². The van der Waals surface area contributed by atoms with Crippen molar-refractivity contribution in [3.63, 3.8) is 0 Å². The Bertz CT molecular complexity index is 1210. The van der Waals surface area contributed by atoms with E-state index in [1.807, 2.05) is 24.3 Å². The third kappa shape index (κ3) is 5.90. The number of morpholine rings is 1. The van der Waals surface area contributed by atoms with Crippen molar-refractivity contribution in [3.8, 4) is 11.3 Å². The highest BCUT2D eigenvalue weighted by molar-refractivity contribution is 6.30. The average molecular weight is 552 g/mol. The Morgan fingerprint density at radius 3 is 2.42 bits per heavy atom. The second-order valence-electron chi connectivity index (χ2n) is 9.38. The summed E-state index contributed by atoms with van der Waals surface area (Å²) in [5.41, 5.74) is 10.3. The third-order valence-corrected chi connectivity index (χ3v) is 7.66. The molecule has 0 bridgehead atoms. The van der Waals surface area contributed by atoms with Crippen LogP contribution in [0.5, 0.6) is 0 Å². The zero-order valence-corrected chi connectivity index (χ0v) is 22.5. The summed E-state index contributed by atoms with van der Waals surface area (Å²) in [5, 5.41) is 5.56. The highest BCUT2D eigenvalue weighted by Crippen LogP contribution is 2.42. The lowest BCUT2D eigenvalue weighted by Crippen LogP contribution is -2.41. The second-order valence-corrected chi connectivity index (χ2v) is 9.81. The van der Waals surface area contributed by atoms with Gasteiger partial charge in [0.2, 0.25) is 0 Å². The summed E-state index contributed by atoms with van der Waals surface area (Å²) in [4.78, 5) is 15.1. The van der Waals surface area contributed by atoms with Gasteiger partial charge in [0.05, 0.1) is 24.9 Å². The predicted octanol–water partition coefficient (Wildman–Crippen LogP) is 5.26. The van der Waals surface area contributed by atoms with Crippen molar-refractivity contribution >= 4 is 42.1 Å². The number of rotatable bonds is 5. The first kappa shape index (κ1) is 28.5. The molecular formula is C27H33Cl3N4O2. The van der Waals surface area contributed by atoms with Crippen molar-refractivity contribution in [3.05, 3.63) is 81.6 Å². The molecule has 1 aliphatic carbocycles. The molecule has 6 nitrogen and oxygen atoms in total. The minimum atomic E-state index is -0.102. The van der Waals surface area contributed by atoms with Gasteiger partial charge in [0.1, 0.15) is 0 Å². The summed E-state index contributed by atoms with van der Waals surface area (Å²) in [5.74, 6) is 0. The lowest BCUT2D eigenvalue weighted by atomic mass is 9.68. The molecule has 1 aliphatic heterocycles. The molecule has 1 aromatic heterocycles. The largest absolute Gasteiger partial charge is 0.378 e. The molecule has 0 radical (unpaired) electrons. The van der Waals surface area contributed by atoms with Crippen LogP contribution in [0.3, 0.4) is 0 Å². The zero-order valence-electron chi connectivity index (χ0n) is 20.1. The molecule has 0 amide bonds. The number of nitrogens with two attached hydrogens (primary N) is 1. The molecule has 0 spiro atoms. The predicted molar refractivity (Wildman–Crippen MR) is 151 cm³/mol. The molecular weight excluding hydrogens is 519 g/mol. The summed E-state index contributed by atoms with van der Waals surface area (Å²) in [6.45, 7) is 3.82. The Kier molecular flexibility index (Phi) is 9.84. The fourth-order valence-corrected chi connectivity index (χ4v) is 5.54. The fourth-order valence-electron chi connectivity index (χ4n) is 5.35. The molecule has 9 heteroatoms. The summed E-state index contributed by atoms with van der Waals surface area (Å²) in [7, 11) is 0. The van der Waals surface area contributed by atoms with Gasteiger partial charge in [-0.05, 0) is 61.6 Å². The Hall–Kier alpha value is -2.09. The minimum absolute atomic E-state index is 0. The second kappa shape index (κ2) is 12.4. The van der Waals surface area contributed by atoms with E-state index >= 15 is 0 Å². The first-order chi connectivity index (χ1) is 16.6. The maximum Gasteiger partial charge on any atom is 0.267 e. The number of benzene rings is 2. The Labute approximate surface area is 229 Å². The number of aromatic nitrogens is 2. The molecule has 194 valence electrons. The first-order valence-corrected chi connectivity index (χ1v) is 12.4. The number of halogens is 3. The van der Waals surface area contributed by atoms with Gasteiger partial charge in [-0.2, -0.15) is 5.10 Å². The van der Waals surface area contributed by atoms with E-state index in [0.29, 0.717) is 6.54 Å². The third-order valence-electron chi connectivity index (χ3n) is 7.43. The van der Waals surface area contributed by atoms with Crippen LogP contribution >= 0.6 is 36.4 Å². The van der Waals surface area contributed by atoms with Crippen molar-refractivity contribution in [2.24, 2.45) is 5.73 Å². The van der Waals surface area contributed by atoms with Crippen LogP contribution in [0.2, 0.25) is 5.02 Å². The van der Waals surface area contributed by atoms with Crippen molar-refractivity contribution in [2.75, 3.05) is 37.7 Å². The van der Waals surface area contributed by atoms with Crippen molar-refractivity contribution in [2.45, 2.75) is 37.1 Å². The van der Waals surface area contributed by atoms with Gasteiger partial charge >= 0.3 is 0 Å². The van der Waals surface area contributed by atoms with Crippen LogP contribution in [0.15, 0.2) is 65.5 Å². The lowest BCUT2D eigenvalue weighted by molar-refractivity contribution is 0.122. The van der Waals surface area contributed by atoms with E-state index < -0.39 is 0 Å². The van der Waals surface area contributed by atoms with Gasteiger partial charge in [-0.25, -0.2) is 4.68 Å². The van der Waals surface area contributed by atoms with E-state index in [4.69, 9.17) is 27.2 Å². The number of hydrogen-bond acceptors (Lipinski definition) is 5. The molecule has 1 saturated heterocycles. The van der Waals surface area contributed by atoms with E-state index in [9.17, 15) is 4.79 Å². The quantitative estimate of drug-likeness (QED) is 0.469. The molecule has 2 aliphatic rings. The monoisotopic (exact) mass is 550 g/mol. The Balaban J connectivity index is 0.00000180. The van der Waals surface area contributed by atoms with Gasteiger partial charge in [0.25, 0.3) is 5.56 Å². The van der Waals surface area contributed by atoms with Crippen LogP contribution in [0.25, 0.3) is 11.3 Å².